The molecule has 5 heteroatoms. The van der Waals surface area contributed by atoms with Crippen LogP contribution in [-0.2, 0) is 0 Å². The first-order valence-corrected chi connectivity index (χ1v) is 9.13. The molecule has 0 aliphatic carbocycles. The highest BCUT2D eigenvalue weighted by Gasteiger charge is 2.25. The van der Waals surface area contributed by atoms with Crippen LogP contribution in [-0.4, -0.2) is 12.6 Å². The van der Waals surface area contributed by atoms with Crippen molar-refractivity contribution in [2.75, 3.05) is 11.9 Å². The molecule has 1 aromatic heterocycles. The molecule has 1 N–H and O–H groups in total. The molecule has 1 aliphatic heterocycles. The van der Waals surface area contributed by atoms with E-state index < -0.39 is 0 Å². The second-order valence-electron chi connectivity index (χ2n) is 6.96. The summed E-state index contributed by atoms with van der Waals surface area (Å²) in [5, 5.41) is 4.48. The van der Waals surface area contributed by atoms with Gasteiger partial charge >= 0.3 is 0 Å². The van der Waals surface area contributed by atoms with E-state index in [9.17, 15) is 4.79 Å². The lowest BCUT2D eigenvalue weighted by atomic mass is 9.96. The van der Waals surface area contributed by atoms with E-state index in [1.807, 2.05) is 39.0 Å². The highest BCUT2D eigenvalue weighted by molar-refractivity contribution is 6.30. The molecule has 1 atom stereocenters. The molecule has 0 fully saturated rings. The predicted molar refractivity (Wildman–Crippen MR) is 106 cm³/mol. The lowest BCUT2D eigenvalue weighted by molar-refractivity contribution is 0.225. The van der Waals surface area contributed by atoms with Gasteiger partial charge in [-0.3, -0.25) is 4.79 Å². The Bertz CT molecular complexity index is 1040. The molecule has 0 amide bonds. The zero-order valence-electron chi connectivity index (χ0n) is 14.9. The summed E-state index contributed by atoms with van der Waals surface area (Å²) in [5.74, 6) is 1.31. The number of rotatable bonds is 2. The summed E-state index contributed by atoms with van der Waals surface area (Å²) < 4.78 is 12.3. The van der Waals surface area contributed by atoms with E-state index in [1.165, 1.54) is 0 Å². The first kappa shape index (κ1) is 17.0. The second-order valence-corrected chi connectivity index (χ2v) is 7.40. The van der Waals surface area contributed by atoms with Crippen LogP contribution in [0.25, 0.3) is 22.1 Å². The van der Waals surface area contributed by atoms with Crippen molar-refractivity contribution in [3.63, 3.8) is 0 Å². The molecule has 26 heavy (non-hydrogen) atoms. The molecule has 0 saturated carbocycles. The standard InChI is InChI=1S/C21H20ClNO3/c1-11(2)19-17(13-4-6-14(22)7-5-13)18(24)15-8-9-16-21(20(15)26-19)25-12(3)10-23-16/h4-9,11-12,23H,10H2,1-3H3/t12-/m0/s1. The van der Waals surface area contributed by atoms with Gasteiger partial charge in [-0.1, -0.05) is 37.6 Å². The van der Waals surface area contributed by atoms with Crippen LogP contribution >= 0.6 is 11.6 Å². The topological polar surface area (TPSA) is 51.5 Å². The fourth-order valence-corrected chi connectivity index (χ4v) is 3.43. The number of halogens is 1. The van der Waals surface area contributed by atoms with Crippen LogP contribution in [0.4, 0.5) is 5.69 Å². The summed E-state index contributed by atoms with van der Waals surface area (Å²) in [4.78, 5) is 13.3. The smallest absolute Gasteiger partial charge is 0.200 e. The second kappa shape index (κ2) is 6.36. The van der Waals surface area contributed by atoms with E-state index >= 15 is 0 Å². The third-order valence-electron chi connectivity index (χ3n) is 4.60. The average molecular weight is 370 g/mol. The van der Waals surface area contributed by atoms with Crippen molar-refractivity contribution >= 4 is 28.3 Å². The maximum absolute atomic E-state index is 13.3. The fourth-order valence-electron chi connectivity index (χ4n) is 3.30. The van der Waals surface area contributed by atoms with Gasteiger partial charge in [0.05, 0.1) is 23.2 Å². The zero-order valence-corrected chi connectivity index (χ0v) is 15.7. The summed E-state index contributed by atoms with van der Waals surface area (Å²) in [7, 11) is 0. The van der Waals surface area contributed by atoms with Gasteiger partial charge in [-0.15, -0.1) is 0 Å². The number of ether oxygens (including phenoxy) is 1. The van der Waals surface area contributed by atoms with Crippen molar-refractivity contribution in [1.82, 2.24) is 0 Å². The minimum absolute atomic E-state index is 0.0110. The van der Waals surface area contributed by atoms with Gasteiger partial charge in [0.1, 0.15) is 11.9 Å². The molecule has 2 heterocycles. The average Bonchev–Trinajstić information content (AvgIpc) is 2.62. The Labute approximate surface area is 156 Å². The lowest BCUT2D eigenvalue weighted by Crippen LogP contribution is -2.28. The number of nitrogens with one attached hydrogen (secondary N) is 1. The third-order valence-corrected chi connectivity index (χ3v) is 4.85. The van der Waals surface area contributed by atoms with Crippen LogP contribution in [0.1, 0.15) is 32.4 Å². The van der Waals surface area contributed by atoms with Crippen molar-refractivity contribution in [1.29, 1.82) is 0 Å². The highest BCUT2D eigenvalue weighted by Crippen LogP contribution is 2.39. The Hall–Kier alpha value is -2.46. The largest absolute Gasteiger partial charge is 0.483 e. The van der Waals surface area contributed by atoms with E-state index in [1.54, 1.807) is 18.2 Å². The van der Waals surface area contributed by atoms with Crippen molar-refractivity contribution in [3.05, 3.63) is 57.4 Å². The maximum atomic E-state index is 13.3. The molecule has 4 nitrogen and oxygen atoms in total. The number of fused-ring (bicyclic) bond motifs is 3. The minimum atomic E-state index is -0.0538. The van der Waals surface area contributed by atoms with Gasteiger partial charge in [0.25, 0.3) is 0 Å². The quantitative estimate of drug-likeness (QED) is 0.654. The molecule has 2 aromatic carbocycles. The van der Waals surface area contributed by atoms with Gasteiger partial charge in [-0.2, -0.15) is 0 Å². The zero-order chi connectivity index (χ0) is 18.4. The molecule has 3 aromatic rings. The summed E-state index contributed by atoms with van der Waals surface area (Å²) in [6.45, 7) is 6.74. The minimum Gasteiger partial charge on any atom is -0.483 e. The Balaban J connectivity index is 2.05. The predicted octanol–water partition coefficient (Wildman–Crippen LogP) is 5.43. The van der Waals surface area contributed by atoms with Gasteiger partial charge in [-0.25, -0.2) is 0 Å². The van der Waals surface area contributed by atoms with E-state index in [2.05, 4.69) is 5.32 Å². The number of anilines is 1. The van der Waals surface area contributed by atoms with Crippen molar-refractivity contribution in [2.45, 2.75) is 32.8 Å². The summed E-state index contributed by atoms with van der Waals surface area (Å²) in [6.07, 6.45) is 0.0110. The molecule has 0 saturated heterocycles. The molecule has 134 valence electrons. The van der Waals surface area contributed by atoms with Crippen LogP contribution in [0.3, 0.4) is 0 Å². The van der Waals surface area contributed by atoms with Crippen molar-refractivity contribution < 1.29 is 9.15 Å². The summed E-state index contributed by atoms with van der Waals surface area (Å²) in [6, 6.07) is 10.9. The summed E-state index contributed by atoms with van der Waals surface area (Å²) in [5.41, 5.74) is 2.70. The van der Waals surface area contributed by atoms with Crippen LogP contribution in [0.5, 0.6) is 5.75 Å². The van der Waals surface area contributed by atoms with E-state index in [-0.39, 0.29) is 17.5 Å². The Morgan fingerprint density at radius 1 is 1.15 bits per heavy atom. The first-order valence-electron chi connectivity index (χ1n) is 8.76. The SMILES string of the molecule is CC(C)c1oc2c3c(ccc2c(=O)c1-c1ccc(Cl)cc1)NC[C@H](C)O3. The molecule has 0 radical (unpaired) electrons. The van der Waals surface area contributed by atoms with E-state index in [0.717, 1.165) is 17.8 Å². The number of benzene rings is 2. The summed E-state index contributed by atoms with van der Waals surface area (Å²) >= 11 is 6.00. The molecule has 1 aliphatic rings. The normalized spacial score (nSPS) is 16.3. The van der Waals surface area contributed by atoms with E-state index in [4.69, 9.17) is 20.8 Å². The van der Waals surface area contributed by atoms with Crippen molar-refractivity contribution in [3.8, 4) is 16.9 Å². The van der Waals surface area contributed by atoms with E-state index in [0.29, 0.717) is 33.1 Å². The van der Waals surface area contributed by atoms with Gasteiger partial charge in [0.2, 0.25) is 5.43 Å². The molecular weight excluding hydrogens is 350 g/mol. The van der Waals surface area contributed by atoms with Crippen LogP contribution in [0.15, 0.2) is 45.6 Å². The third kappa shape index (κ3) is 2.74. The Kier molecular flexibility index (Phi) is 4.16. The molecule has 4 rings (SSSR count). The Morgan fingerprint density at radius 2 is 1.88 bits per heavy atom. The molecule has 0 spiro atoms. The van der Waals surface area contributed by atoms with Gasteiger partial charge in [0.15, 0.2) is 11.3 Å². The highest BCUT2D eigenvalue weighted by atomic mass is 35.5. The van der Waals surface area contributed by atoms with Gasteiger partial charge in [0, 0.05) is 10.9 Å². The van der Waals surface area contributed by atoms with Crippen LogP contribution < -0.4 is 15.5 Å². The monoisotopic (exact) mass is 369 g/mol. The van der Waals surface area contributed by atoms with Gasteiger partial charge < -0.3 is 14.5 Å². The lowest BCUT2D eigenvalue weighted by Gasteiger charge is -2.25. The van der Waals surface area contributed by atoms with Crippen LogP contribution in [0.2, 0.25) is 5.02 Å². The van der Waals surface area contributed by atoms with Crippen LogP contribution in [0, 0.1) is 0 Å². The molecular formula is C21H20ClNO3. The van der Waals surface area contributed by atoms with Gasteiger partial charge in [-0.05, 0) is 36.8 Å². The maximum Gasteiger partial charge on any atom is 0.200 e. The molecule has 0 bridgehead atoms. The number of hydrogen-bond donors (Lipinski definition) is 1. The first-order chi connectivity index (χ1) is 12.5. The van der Waals surface area contributed by atoms with Crippen molar-refractivity contribution in [2.24, 2.45) is 0 Å². The fraction of sp³-hybridized carbons (Fsp3) is 0.286. The number of hydrogen-bond acceptors (Lipinski definition) is 4. The molecule has 0 unspecified atom stereocenters. The Morgan fingerprint density at radius 3 is 2.58 bits per heavy atom.